The van der Waals surface area contributed by atoms with Crippen molar-refractivity contribution >= 4 is 40.3 Å². The van der Waals surface area contributed by atoms with Crippen molar-refractivity contribution < 1.29 is 9.59 Å². The van der Waals surface area contributed by atoms with Gasteiger partial charge in [-0.3, -0.25) is 19.4 Å². The summed E-state index contributed by atoms with van der Waals surface area (Å²) in [5.74, 6) is -0.306. The highest BCUT2D eigenvalue weighted by molar-refractivity contribution is 8.00. The molecule has 3 aromatic rings. The largest absolute Gasteiger partial charge is 0.339 e. The van der Waals surface area contributed by atoms with E-state index in [0.29, 0.717) is 34.0 Å². The molecule has 3 N–H and O–H groups in total. The first-order valence-corrected chi connectivity index (χ1v) is 8.87. The molecule has 9 heteroatoms. The van der Waals surface area contributed by atoms with Crippen molar-refractivity contribution in [1.82, 2.24) is 19.9 Å². The summed E-state index contributed by atoms with van der Waals surface area (Å²) in [6.07, 6.45) is 1.93. The Hall–Kier alpha value is -2.94. The predicted molar refractivity (Wildman–Crippen MR) is 99.5 cm³/mol. The molecule has 1 aromatic carbocycles. The van der Waals surface area contributed by atoms with Gasteiger partial charge in [0.15, 0.2) is 22.1 Å². The van der Waals surface area contributed by atoms with E-state index in [9.17, 15) is 14.4 Å². The van der Waals surface area contributed by atoms with Crippen molar-refractivity contribution in [2.45, 2.75) is 30.7 Å². The lowest BCUT2D eigenvalue weighted by Gasteiger charge is -2.14. The van der Waals surface area contributed by atoms with E-state index in [1.807, 2.05) is 6.92 Å². The maximum absolute atomic E-state index is 12.6. The third kappa shape index (κ3) is 3.83. The van der Waals surface area contributed by atoms with E-state index in [0.717, 1.165) is 11.8 Å². The van der Waals surface area contributed by atoms with Crippen LogP contribution in [0.5, 0.6) is 0 Å². The van der Waals surface area contributed by atoms with Crippen LogP contribution in [-0.2, 0) is 4.79 Å². The highest BCUT2D eigenvalue weighted by Gasteiger charge is 2.20. The van der Waals surface area contributed by atoms with E-state index in [1.54, 1.807) is 24.3 Å². The Bertz CT molecular complexity index is 1030. The van der Waals surface area contributed by atoms with E-state index in [1.165, 1.54) is 13.3 Å². The molecule has 3 rings (SSSR count). The smallest absolute Gasteiger partial charge is 0.277 e. The molecule has 8 nitrogen and oxygen atoms in total. The Labute approximate surface area is 152 Å². The molecule has 0 bridgehead atoms. The summed E-state index contributed by atoms with van der Waals surface area (Å²) in [7, 11) is 0. The van der Waals surface area contributed by atoms with E-state index in [2.05, 4.69) is 25.3 Å². The number of fused-ring (bicyclic) bond motifs is 1. The summed E-state index contributed by atoms with van der Waals surface area (Å²) in [4.78, 5) is 49.6. The standard InChI is InChI=1S/C17H17N5O3S/c1-3-12(15(24)20-11-6-4-5-10(7-11)9(2)23)26-17-21-14-13(16(25)22-17)18-8-19-14/h4-8,12H,3H2,1-2H3,(H,20,24)(H2,18,19,21,22,25). The zero-order valence-corrected chi connectivity index (χ0v) is 15.0. The average molecular weight is 371 g/mol. The van der Waals surface area contributed by atoms with Crippen molar-refractivity contribution in [3.05, 3.63) is 46.5 Å². The summed E-state index contributed by atoms with van der Waals surface area (Å²) in [6, 6.07) is 6.76. The van der Waals surface area contributed by atoms with Gasteiger partial charge in [0.25, 0.3) is 5.56 Å². The van der Waals surface area contributed by atoms with Crippen molar-refractivity contribution in [2.75, 3.05) is 5.32 Å². The quantitative estimate of drug-likeness (QED) is 0.347. The lowest BCUT2D eigenvalue weighted by Crippen LogP contribution is -2.25. The number of rotatable bonds is 6. The average Bonchev–Trinajstić information content (AvgIpc) is 3.09. The fraction of sp³-hybridized carbons (Fsp3) is 0.235. The zero-order valence-electron chi connectivity index (χ0n) is 14.2. The number of carbonyl (C=O) groups is 2. The number of hydrogen-bond donors (Lipinski definition) is 3. The molecule has 0 radical (unpaired) electrons. The lowest BCUT2D eigenvalue weighted by molar-refractivity contribution is -0.115. The summed E-state index contributed by atoms with van der Waals surface area (Å²) in [6.45, 7) is 3.34. The van der Waals surface area contributed by atoms with Crippen molar-refractivity contribution in [1.29, 1.82) is 0 Å². The molecule has 0 aliphatic carbocycles. The number of benzene rings is 1. The number of hydrogen-bond acceptors (Lipinski definition) is 6. The number of thioether (sulfide) groups is 1. The highest BCUT2D eigenvalue weighted by atomic mass is 32.2. The Morgan fingerprint density at radius 1 is 1.35 bits per heavy atom. The fourth-order valence-corrected chi connectivity index (χ4v) is 3.27. The van der Waals surface area contributed by atoms with Gasteiger partial charge < -0.3 is 10.3 Å². The van der Waals surface area contributed by atoms with Crippen LogP contribution in [-0.4, -0.2) is 36.9 Å². The Kier molecular flexibility index (Phi) is 5.17. The molecule has 134 valence electrons. The first kappa shape index (κ1) is 17.9. The summed E-state index contributed by atoms with van der Waals surface area (Å²) >= 11 is 1.16. The molecule has 0 spiro atoms. The van der Waals surface area contributed by atoms with Gasteiger partial charge in [0.05, 0.1) is 11.6 Å². The van der Waals surface area contributed by atoms with Crippen LogP contribution in [0.3, 0.4) is 0 Å². The summed E-state index contributed by atoms with van der Waals surface area (Å²) < 4.78 is 0. The zero-order chi connectivity index (χ0) is 18.7. The molecule has 0 aliphatic rings. The van der Waals surface area contributed by atoms with Crippen molar-refractivity contribution in [3.8, 4) is 0 Å². The van der Waals surface area contributed by atoms with Crippen LogP contribution < -0.4 is 10.9 Å². The molecular formula is C17H17N5O3S. The minimum atomic E-state index is -0.462. The van der Waals surface area contributed by atoms with E-state index in [4.69, 9.17) is 0 Å². The molecular weight excluding hydrogens is 354 g/mol. The van der Waals surface area contributed by atoms with Crippen LogP contribution in [0.1, 0.15) is 30.6 Å². The predicted octanol–water partition coefficient (Wildman–Crippen LogP) is 2.36. The van der Waals surface area contributed by atoms with E-state index >= 15 is 0 Å². The van der Waals surface area contributed by atoms with Crippen LogP contribution in [0.4, 0.5) is 5.69 Å². The Morgan fingerprint density at radius 3 is 2.88 bits per heavy atom. The number of anilines is 1. The maximum Gasteiger partial charge on any atom is 0.277 e. The first-order chi connectivity index (χ1) is 12.5. The van der Waals surface area contributed by atoms with Gasteiger partial charge in [-0.2, -0.15) is 0 Å². The highest BCUT2D eigenvalue weighted by Crippen LogP contribution is 2.23. The second-order valence-electron chi connectivity index (χ2n) is 5.61. The molecule has 1 atom stereocenters. The molecule has 2 heterocycles. The summed E-state index contributed by atoms with van der Waals surface area (Å²) in [5, 5.41) is 2.67. The number of imidazole rings is 1. The molecule has 1 unspecified atom stereocenters. The second kappa shape index (κ2) is 7.52. The Morgan fingerprint density at radius 2 is 2.15 bits per heavy atom. The van der Waals surface area contributed by atoms with Crippen molar-refractivity contribution in [2.24, 2.45) is 0 Å². The second-order valence-corrected chi connectivity index (χ2v) is 6.80. The number of aromatic nitrogens is 4. The molecule has 2 aromatic heterocycles. The number of amides is 1. The van der Waals surface area contributed by atoms with E-state index < -0.39 is 5.25 Å². The van der Waals surface area contributed by atoms with Crippen LogP contribution in [0.2, 0.25) is 0 Å². The van der Waals surface area contributed by atoms with E-state index in [-0.39, 0.29) is 17.2 Å². The first-order valence-electron chi connectivity index (χ1n) is 8.00. The van der Waals surface area contributed by atoms with Crippen LogP contribution >= 0.6 is 11.8 Å². The van der Waals surface area contributed by atoms with Gasteiger partial charge in [-0.05, 0) is 25.5 Å². The number of aromatic amines is 2. The number of nitrogens with one attached hydrogen (secondary N) is 3. The number of H-pyrrole nitrogens is 2. The normalized spacial score (nSPS) is 12.1. The van der Waals surface area contributed by atoms with Crippen LogP contribution in [0, 0.1) is 0 Å². The van der Waals surface area contributed by atoms with Gasteiger partial charge in [-0.1, -0.05) is 30.8 Å². The Balaban J connectivity index is 1.77. The lowest BCUT2D eigenvalue weighted by atomic mass is 10.1. The minimum Gasteiger partial charge on any atom is -0.339 e. The molecule has 0 saturated heterocycles. The number of ketones is 1. The third-order valence-corrected chi connectivity index (χ3v) is 4.98. The maximum atomic E-state index is 12.6. The van der Waals surface area contributed by atoms with Gasteiger partial charge >= 0.3 is 0 Å². The minimum absolute atomic E-state index is 0.0726. The molecule has 0 aliphatic heterocycles. The van der Waals surface area contributed by atoms with Gasteiger partial charge in [0.2, 0.25) is 5.91 Å². The molecule has 0 saturated carbocycles. The topological polar surface area (TPSA) is 121 Å². The summed E-state index contributed by atoms with van der Waals surface area (Å²) in [5.41, 5.74) is 1.34. The van der Waals surface area contributed by atoms with Crippen molar-refractivity contribution in [3.63, 3.8) is 0 Å². The number of Topliss-reactive ketones (excluding diaryl/α,β-unsaturated/α-hetero) is 1. The third-order valence-electron chi connectivity index (χ3n) is 3.73. The number of carbonyl (C=O) groups excluding carboxylic acids is 2. The van der Waals surface area contributed by atoms with Crippen LogP contribution in [0.25, 0.3) is 11.2 Å². The van der Waals surface area contributed by atoms with Gasteiger partial charge in [0.1, 0.15) is 0 Å². The SMILES string of the molecule is CCC(Sc1nc2nc[nH]c2c(=O)[nH]1)C(=O)Nc1cccc(C(C)=O)c1. The fourth-order valence-electron chi connectivity index (χ4n) is 2.37. The molecule has 26 heavy (non-hydrogen) atoms. The van der Waals surface area contributed by atoms with Gasteiger partial charge in [-0.25, -0.2) is 9.97 Å². The monoisotopic (exact) mass is 371 g/mol. The van der Waals surface area contributed by atoms with Gasteiger partial charge in [-0.15, -0.1) is 0 Å². The van der Waals surface area contributed by atoms with Crippen LogP contribution in [0.15, 0.2) is 40.5 Å². The van der Waals surface area contributed by atoms with Gasteiger partial charge in [0, 0.05) is 11.3 Å². The molecule has 0 fully saturated rings. The molecule has 1 amide bonds. The number of nitrogens with zero attached hydrogens (tertiary/aromatic N) is 2.